The van der Waals surface area contributed by atoms with E-state index < -0.39 is 10.0 Å². The SMILES string of the molecule is COC1CCC(S(=O)(=O)N2CCC(CC3CCCCC3)(C3CC(C=N)C(Nc4ccc(=O)n(C)c4)CC3C)C2)CC1. The molecule has 9 heteroatoms. The molecule has 1 aliphatic heterocycles. The Bertz CT molecular complexity index is 1200. The molecule has 4 fully saturated rings. The number of hydrogen-bond acceptors (Lipinski definition) is 6. The summed E-state index contributed by atoms with van der Waals surface area (Å²) in [6.45, 7) is 3.64. The summed E-state index contributed by atoms with van der Waals surface area (Å²) in [7, 11) is 0.147. The lowest BCUT2D eigenvalue weighted by atomic mass is 9.57. The van der Waals surface area contributed by atoms with E-state index in [1.165, 1.54) is 32.1 Å². The summed E-state index contributed by atoms with van der Waals surface area (Å²) in [6, 6.07) is 3.55. The molecule has 5 atom stereocenters. The van der Waals surface area contributed by atoms with Crippen LogP contribution in [0.5, 0.6) is 0 Å². The van der Waals surface area contributed by atoms with Crippen LogP contribution >= 0.6 is 0 Å². The highest BCUT2D eigenvalue weighted by molar-refractivity contribution is 7.89. The second-order valence-corrected chi connectivity index (χ2v) is 16.0. The van der Waals surface area contributed by atoms with E-state index in [1.54, 1.807) is 31.0 Å². The van der Waals surface area contributed by atoms with Gasteiger partial charge in [0.25, 0.3) is 0 Å². The van der Waals surface area contributed by atoms with Crippen LogP contribution in [0.3, 0.4) is 0 Å². The second-order valence-electron chi connectivity index (χ2n) is 13.8. The van der Waals surface area contributed by atoms with Crippen molar-refractivity contribution in [1.29, 1.82) is 5.41 Å². The first-order valence-corrected chi connectivity index (χ1v) is 17.6. The Labute approximate surface area is 247 Å². The predicted octanol–water partition coefficient (Wildman–Crippen LogP) is 5.43. The molecule has 1 aromatic rings. The number of nitrogens with one attached hydrogen (secondary N) is 2. The fraction of sp³-hybridized carbons (Fsp3) is 0.812. The van der Waals surface area contributed by atoms with Gasteiger partial charge >= 0.3 is 0 Å². The van der Waals surface area contributed by atoms with E-state index in [2.05, 4.69) is 12.2 Å². The van der Waals surface area contributed by atoms with Crippen molar-refractivity contribution in [3.05, 3.63) is 28.7 Å². The Morgan fingerprint density at radius 1 is 1.10 bits per heavy atom. The molecule has 3 saturated carbocycles. The Hall–Kier alpha value is -1.71. The minimum Gasteiger partial charge on any atom is -0.381 e. The summed E-state index contributed by atoms with van der Waals surface area (Å²) in [5.41, 5.74) is 0.849. The number of pyridine rings is 1. The van der Waals surface area contributed by atoms with Crippen molar-refractivity contribution < 1.29 is 13.2 Å². The molecule has 0 spiro atoms. The van der Waals surface area contributed by atoms with Crippen LogP contribution < -0.4 is 10.9 Å². The van der Waals surface area contributed by atoms with E-state index in [0.717, 1.165) is 44.2 Å². The van der Waals surface area contributed by atoms with Crippen molar-refractivity contribution in [3.8, 4) is 0 Å². The lowest BCUT2D eigenvalue weighted by molar-refractivity contribution is 0.0370. The number of anilines is 1. The molecular weight excluding hydrogens is 536 g/mol. The van der Waals surface area contributed by atoms with E-state index in [4.69, 9.17) is 10.1 Å². The smallest absolute Gasteiger partial charge is 0.250 e. The fourth-order valence-corrected chi connectivity index (χ4v) is 11.0. The second kappa shape index (κ2) is 12.9. The third kappa shape index (κ3) is 6.62. The molecule has 3 aliphatic carbocycles. The third-order valence-corrected chi connectivity index (χ3v) is 13.6. The van der Waals surface area contributed by atoms with Crippen LogP contribution in [0, 0.1) is 34.5 Å². The normalized spacial score (nSPS) is 35.8. The van der Waals surface area contributed by atoms with Gasteiger partial charge in [-0.15, -0.1) is 0 Å². The molecule has 2 N–H and O–H groups in total. The molecule has 1 aromatic heterocycles. The van der Waals surface area contributed by atoms with E-state index in [0.29, 0.717) is 43.7 Å². The monoisotopic (exact) mass is 588 g/mol. The predicted molar refractivity (Wildman–Crippen MR) is 165 cm³/mol. The summed E-state index contributed by atoms with van der Waals surface area (Å²) < 4.78 is 36.9. The lowest BCUT2D eigenvalue weighted by Crippen LogP contribution is -2.49. The van der Waals surface area contributed by atoms with Gasteiger partial charge in [0.1, 0.15) is 0 Å². The quantitative estimate of drug-likeness (QED) is 0.375. The third-order valence-electron chi connectivity index (χ3n) is 11.3. The standard InChI is InChI=1S/C32H52N4O4S/c1-23-17-30(34-26-9-14-31(37)35(2)21-26)25(20-33)18-29(23)32(19-24-7-5-4-6-8-24)15-16-36(22-32)41(38,39)28-12-10-27(40-3)11-13-28/h9,14,20-21,23-25,27-30,33-34H,4-8,10-13,15-19,22H2,1-3H3. The van der Waals surface area contributed by atoms with Crippen molar-refractivity contribution in [1.82, 2.24) is 8.87 Å². The lowest BCUT2D eigenvalue weighted by Gasteiger charge is -2.49. The first kappa shape index (κ1) is 30.7. The van der Waals surface area contributed by atoms with Gasteiger partial charge in [-0.2, -0.15) is 0 Å². The molecule has 8 nitrogen and oxygen atoms in total. The summed E-state index contributed by atoms with van der Waals surface area (Å²) in [5.74, 6) is 1.56. The van der Waals surface area contributed by atoms with Crippen LogP contribution in [0.15, 0.2) is 23.1 Å². The van der Waals surface area contributed by atoms with Gasteiger partial charge < -0.3 is 20.0 Å². The largest absolute Gasteiger partial charge is 0.381 e. The number of methoxy groups -OCH3 is 1. The van der Waals surface area contributed by atoms with E-state index >= 15 is 0 Å². The average Bonchev–Trinajstić information content (AvgIpc) is 3.41. The molecule has 5 unspecified atom stereocenters. The molecule has 0 radical (unpaired) electrons. The zero-order valence-corrected chi connectivity index (χ0v) is 26.2. The van der Waals surface area contributed by atoms with Gasteiger partial charge in [-0.25, -0.2) is 12.7 Å². The van der Waals surface area contributed by atoms with Crippen LogP contribution in [-0.2, 0) is 21.8 Å². The molecule has 0 amide bonds. The fourth-order valence-electron chi connectivity index (χ4n) is 8.96. The number of sulfonamides is 1. The molecule has 5 rings (SSSR count). The van der Waals surface area contributed by atoms with Crippen LogP contribution in [0.4, 0.5) is 5.69 Å². The van der Waals surface area contributed by atoms with Crippen LogP contribution in [0.1, 0.15) is 90.4 Å². The molecular formula is C32H52N4O4S. The molecule has 0 aromatic carbocycles. The average molecular weight is 589 g/mol. The Morgan fingerprint density at radius 2 is 1.83 bits per heavy atom. The Balaban J connectivity index is 1.36. The first-order chi connectivity index (χ1) is 19.6. The van der Waals surface area contributed by atoms with Crippen molar-refractivity contribution in [2.45, 2.75) is 108 Å². The van der Waals surface area contributed by atoms with Crippen molar-refractivity contribution in [2.24, 2.45) is 36.1 Å². The number of aryl methyl sites for hydroxylation is 1. The molecule has 1 saturated heterocycles. The van der Waals surface area contributed by atoms with Gasteiger partial charge in [-0.1, -0.05) is 39.0 Å². The van der Waals surface area contributed by atoms with E-state index in [1.807, 2.05) is 16.6 Å². The van der Waals surface area contributed by atoms with Gasteiger partial charge in [0.2, 0.25) is 15.6 Å². The van der Waals surface area contributed by atoms with Crippen molar-refractivity contribution in [2.75, 3.05) is 25.5 Å². The van der Waals surface area contributed by atoms with Crippen molar-refractivity contribution in [3.63, 3.8) is 0 Å². The van der Waals surface area contributed by atoms with E-state index in [-0.39, 0.29) is 34.3 Å². The number of ether oxygens (including phenoxy) is 1. The zero-order chi connectivity index (χ0) is 29.2. The molecule has 41 heavy (non-hydrogen) atoms. The summed E-state index contributed by atoms with van der Waals surface area (Å²) >= 11 is 0. The van der Waals surface area contributed by atoms with Crippen LogP contribution in [0.2, 0.25) is 0 Å². The number of aromatic nitrogens is 1. The van der Waals surface area contributed by atoms with Gasteiger partial charge in [0, 0.05) is 57.7 Å². The van der Waals surface area contributed by atoms with Crippen LogP contribution in [-0.4, -0.2) is 61.1 Å². The molecule has 2 heterocycles. The number of hydrogen-bond donors (Lipinski definition) is 2. The highest BCUT2D eigenvalue weighted by Gasteiger charge is 2.53. The van der Waals surface area contributed by atoms with E-state index in [9.17, 15) is 13.2 Å². The summed E-state index contributed by atoms with van der Waals surface area (Å²) in [6.07, 6.45) is 17.0. The summed E-state index contributed by atoms with van der Waals surface area (Å²) in [4.78, 5) is 11.9. The molecule has 230 valence electrons. The maximum atomic E-state index is 14.0. The highest BCUT2D eigenvalue weighted by atomic mass is 32.2. The van der Waals surface area contributed by atoms with Gasteiger partial charge in [0.05, 0.1) is 17.0 Å². The topological polar surface area (TPSA) is 104 Å². The maximum absolute atomic E-state index is 14.0. The van der Waals surface area contributed by atoms with Gasteiger partial charge in [0.15, 0.2) is 0 Å². The van der Waals surface area contributed by atoms with Crippen LogP contribution in [0.25, 0.3) is 0 Å². The number of rotatable bonds is 9. The highest BCUT2D eigenvalue weighted by Crippen LogP contribution is 2.54. The van der Waals surface area contributed by atoms with Crippen molar-refractivity contribution >= 4 is 21.9 Å². The molecule has 0 bridgehead atoms. The van der Waals surface area contributed by atoms with Gasteiger partial charge in [-0.3, -0.25) is 4.79 Å². The zero-order valence-electron chi connectivity index (χ0n) is 25.4. The Morgan fingerprint density at radius 3 is 2.49 bits per heavy atom. The first-order valence-electron chi connectivity index (χ1n) is 16.1. The molecule has 4 aliphatic rings. The summed E-state index contributed by atoms with van der Waals surface area (Å²) in [5, 5.41) is 11.7. The maximum Gasteiger partial charge on any atom is 0.250 e. The minimum atomic E-state index is -3.35. The number of nitrogens with zero attached hydrogens (tertiary/aromatic N) is 2. The van der Waals surface area contributed by atoms with Gasteiger partial charge in [-0.05, 0) is 80.6 Å². The Kier molecular flexibility index (Phi) is 9.66. The minimum absolute atomic E-state index is 0.0267.